The molecule has 0 bridgehead atoms. The van der Waals surface area contributed by atoms with Gasteiger partial charge in [0.25, 0.3) is 0 Å². The Morgan fingerprint density at radius 1 is 1.38 bits per heavy atom. The number of nitrogens with zero attached hydrogens (tertiary/aromatic N) is 2. The predicted octanol–water partition coefficient (Wildman–Crippen LogP) is 1.98. The zero-order valence-electron chi connectivity index (χ0n) is 8.74. The van der Waals surface area contributed by atoms with Crippen LogP contribution in [0.5, 0.6) is 0 Å². The molecule has 1 aliphatic heterocycles. The highest BCUT2D eigenvalue weighted by atomic mass is 79.9. The standard InChI is InChI=1S/C11H12BrN3O/c12-10-7-9(8-13)1-2-11(10)14-15-3-5-16-6-4-15/h1-2,7,14H,3-6H2. The molecule has 1 aromatic rings. The maximum Gasteiger partial charge on any atom is 0.0992 e. The van der Waals surface area contributed by atoms with E-state index in [0.29, 0.717) is 5.56 Å². The van der Waals surface area contributed by atoms with E-state index in [2.05, 4.69) is 32.4 Å². The minimum atomic E-state index is 0.652. The van der Waals surface area contributed by atoms with Gasteiger partial charge in [-0.25, -0.2) is 5.01 Å². The summed E-state index contributed by atoms with van der Waals surface area (Å²) in [4.78, 5) is 0. The lowest BCUT2D eigenvalue weighted by atomic mass is 10.2. The molecule has 0 amide bonds. The van der Waals surface area contributed by atoms with Crippen molar-refractivity contribution in [2.24, 2.45) is 0 Å². The second kappa shape index (κ2) is 5.30. The minimum absolute atomic E-state index is 0.652. The molecule has 2 rings (SSSR count). The molecule has 16 heavy (non-hydrogen) atoms. The van der Waals surface area contributed by atoms with Crippen molar-refractivity contribution >= 4 is 21.6 Å². The number of nitriles is 1. The maximum atomic E-state index is 8.76. The molecular formula is C11H12BrN3O. The fraction of sp³-hybridized carbons (Fsp3) is 0.364. The van der Waals surface area contributed by atoms with Crippen molar-refractivity contribution in [3.8, 4) is 6.07 Å². The lowest BCUT2D eigenvalue weighted by Gasteiger charge is -2.28. The Balaban J connectivity index is 2.06. The third-order valence-corrected chi connectivity index (χ3v) is 3.04. The summed E-state index contributed by atoms with van der Waals surface area (Å²) in [7, 11) is 0. The van der Waals surface area contributed by atoms with Crippen LogP contribution in [0.25, 0.3) is 0 Å². The van der Waals surface area contributed by atoms with Gasteiger partial charge < -0.3 is 10.2 Å². The largest absolute Gasteiger partial charge is 0.379 e. The molecule has 0 aliphatic carbocycles. The van der Waals surface area contributed by atoms with Crippen LogP contribution in [0.3, 0.4) is 0 Å². The van der Waals surface area contributed by atoms with Crippen LogP contribution in [0.1, 0.15) is 5.56 Å². The van der Waals surface area contributed by atoms with E-state index in [1.54, 1.807) is 6.07 Å². The molecule has 1 saturated heterocycles. The molecule has 5 heteroatoms. The SMILES string of the molecule is N#Cc1ccc(NN2CCOCC2)c(Br)c1. The Morgan fingerprint density at radius 2 is 2.12 bits per heavy atom. The Labute approximate surface area is 103 Å². The van der Waals surface area contributed by atoms with Crippen molar-refractivity contribution in [1.29, 1.82) is 5.26 Å². The normalized spacial score (nSPS) is 16.8. The Hall–Kier alpha value is -1.09. The first kappa shape index (κ1) is 11.4. The van der Waals surface area contributed by atoms with E-state index in [-0.39, 0.29) is 0 Å². The zero-order chi connectivity index (χ0) is 11.4. The van der Waals surface area contributed by atoms with Crippen LogP contribution in [0.2, 0.25) is 0 Å². The molecule has 1 fully saturated rings. The summed E-state index contributed by atoms with van der Waals surface area (Å²) in [6.07, 6.45) is 0. The number of halogens is 1. The zero-order valence-corrected chi connectivity index (χ0v) is 10.3. The van der Waals surface area contributed by atoms with Gasteiger partial charge in [-0.15, -0.1) is 0 Å². The molecular weight excluding hydrogens is 270 g/mol. The summed E-state index contributed by atoms with van der Waals surface area (Å²) in [5.74, 6) is 0. The van der Waals surface area contributed by atoms with Gasteiger partial charge in [-0.3, -0.25) is 0 Å². The summed E-state index contributed by atoms with van der Waals surface area (Å²) < 4.78 is 6.17. The second-order valence-corrected chi connectivity index (χ2v) is 4.37. The van der Waals surface area contributed by atoms with Gasteiger partial charge in [0.1, 0.15) is 0 Å². The first-order chi connectivity index (χ1) is 7.79. The minimum Gasteiger partial charge on any atom is -0.379 e. The van der Waals surface area contributed by atoms with Crippen molar-refractivity contribution in [3.05, 3.63) is 28.2 Å². The van der Waals surface area contributed by atoms with Crippen LogP contribution in [-0.4, -0.2) is 31.3 Å². The van der Waals surface area contributed by atoms with Crippen LogP contribution in [-0.2, 0) is 4.74 Å². The van der Waals surface area contributed by atoms with E-state index >= 15 is 0 Å². The number of anilines is 1. The van der Waals surface area contributed by atoms with E-state index in [0.717, 1.165) is 36.5 Å². The summed E-state index contributed by atoms with van der Waals surface area (Å²) in [6.45, 7) is 3.24. The van der Waals surface area contributed by atoms with Crippen molar-refractivity contribution in [3.63, 3.8) is 0 Å². The van der Waals surface area contributed by atoms with Gasteiger partial charge in [-0.2, -0.15) is 5.26 Å². The number of hydrogen-bond donors (Lipinski definition) is 1. The van der Waals surface area contributed by atoms with E-state index in [9.17, 15) is 0 Å². The topological polar surface area (TPSA) is 48.3 Å². The van der Waals surface area contributed by atoms with Crippen molar-refractivity contribution < 1.29 is 4.74 Å². The molecule has 1 aromatic carbocycles. The molecule has 0 unspecified atom stereocenters. The second-order valence-electron chi connectivity index (χ2n) is 3.52. The molecule has 0 atom stereocenters. The van der Waals surface area contributed by atoms with Crippen LogP contribution in [0, 0.1) is 11.3 Å². The highest BCUT2D eigenvalue weighted by Gasteiger charge is 2.11. The number of rotatable bonds is 2. The van der Waals surface area contributed by atoms with Gasteiger partial charge in [0, 0.05) is 17.6 Å². The average Bonchev–Trinajstić information content (AvgIpc) is 2.33. The van der Waals surface area contributed by atoms with Crippen molar-refractivity contribution in [2.75, 3.05) is 31.7 Å². The fourth-order valence-electron chi connectivity index (χ4n) is 1.52. The molecule has 0 radical (unpaired) electrons. The third-order valence-electron chi connectivity index (χ3n) is 2.39. The van der Waals surface area contributed by atoms with Crippen LogP contribution in [0.15, 0.2) is 22.7 Å². The van der Waals surface area contributed by atoms with Gasteiger partial charge in [0.15, 0.2) is 0 Å². The highest BCUT2D eigenvalue weighted by Crippen LogP contribution is 2.24. The van der Waals surface area contributed by atoms with Crippen molar-refractivity contribution in [2.45, 2.75) is 0 Å². The van der Waals surface area contributed by atoms with E-state index < -0.39 is 0 Å². The summed E-state index contributed by atoms with van der Waals surface area (Å²) in [6, 6.07) is 7.62. The quantitative estimate of drug-likeness (QED) is 0.901. The molecule has 84 valence electrons. The molecule has 1 aliphatic rings. The summed E-state index contributed by atoms with van der Waals surface area (Å²) >= 11 is 3.44. The van der Waals surface area contributed by atoms with Crippen LogP contribution in [0.4, 0.5) is 5.69 Å². The molecule has 4 nitrogen and oxygen atoms in total. The molecule has 0 saturated carbocycles. The lowest BCUT2D eigenvalue weighted by Crippen LogP contribution is -2.40. The Kier molecular flexibility index (Phi) is 3.78. The summed E-state index contributed by atoms with van der Waals surface area (Å²) in [5, 5.41) is 10.9. The number of benzene rings is 1. The number of morpholine rings is 1. The number of hydrazine groups is 1. The highest BCUT2D eigenvalue weighted by molar-refractivity contribution is 9.10. The lowest BCUT2D eigenvalue weighted by molar-refractivity contribution is 0.0496. The van der Waals surface area contributed by atoms with E-state index in [1.165, 1.54) is 0 Å². The molecule has 0 spiro atoms. The third kappa shape index (κ3) is 2.73. The van der Waals surface area contributed by atoms with Crippen LogP contribution >= 0.6 is 15.9 Å². The first-order valence-corrected chi connectivity index (χ1v) is 5.88. The van der Waals surface area contributed by atoms with Crippen LogP contribution < -0.4 is 5.43 Å². The Morgan fingerprint density at radius 3 is 2.75 bits per heavy atom. The summed E-state index contributed by atoms with van der Waals surface area (Å²) in [5.41, 5.74) is 4.92. The number of ether oxygens (including phenoxy) is 1. The van der Waals surface area contributed by atoms with Crippen molar-refractivity contribution in [1.82, 2.24) is 5.01 Å². The fourth-order valence-corrected chi connectivity index (χ4v) is 1.99. The Bertz CT molecular complexity index is 410. The number of hydrogen-bond acceptors (Lipinski definition) is 4. The van der Waals surface area contributed by atoms with Gasteiger partial charge in [-0.05, 0) is 34.1 Å². The molecule has 0 aromatic heterocycles. The molecule has 1 heterocycles. The van der Waals surface area contributed by atoms with Gasteiger partial charge >= 0.3 is 0 Å². The van der Waals surface area contributed by atoms with E-state index in [4.69, 9.17) is 10.00 Å². The monoisotopic (exact) mass is 281 g/mol. The number of nitrogens with one attached hydrogen (secondary N) is 1. The van der Waals surface area contributed by atoms with Gasteiger partial charge in [0.05, 0.1) is 30.5 Å². The predicted molar refractivity (Wildman–Crippen MR) is 64.9 cm³/mol. The first-order valence-electron chi connectivity index (χ1n) is 5.08. The van der Waals surface area contributed by atoms with Gasteiger partial charge in [-0.1, -0.05) is 0 Å². The van der Waals surface area contributed by atoms with Gasteiger partial charge in [0.2, 0.25) is 0 Å². The smallest absolute Gasteiger partial charge is 0.0992 e. The van der Waals surface area contributed by atoms with E-state index in [1.807, 2.05) is 12.1 Å². The average molecular weight is 282 g/mol. The maximum absolute atomic E-state index is 8.76. The molecule has 1 N–H and O–H groups in total.